The van der Waals surface area contributed by atoms with Gasteiger partial charge in [-0.3, -0.25) is 4.90 Å². The van der Waals surface area contributed by atoms with Crippen LogP contribution in [0.5, 0.6) is 0 Å². The zero-order chi connectivity index (χ0) is 15.7. The molecule has 7 nitrogen and oxygen atoms in total. The zero-order valence-corrected chi connectivity index (χ0v) is 13.5. The van der Waals surface area contributed by atoms with Crippen LogP contribution in [-0.2, 0) is 19.2 Å². The summed E-state index contributed by atoms with van der Waals surface area (Å²) in [5, 5.41) is 19.4. The van der Waals surface area contributed by atoms with Crippen LogP contribution >= 0.6 is 0 Å². The van der Waals surface area contributed by atoms with Crippen LogP contribution in [0.1, 0.15) is 44.1 Å². The molecule has 0 aliphatic carbocycles. The highest BCUT2D eigenvalue weighted by Gasteiger charge is 2.37. The SMILES string of the molecule is CC(C)n1cc(C2(O)CCCN(Cc3cncn3C)C2)nn1. The van der Waals surface area contributed by atoms with Crippen LogP contribution in [0.2, 0.25) is 0 Å². The van der Waals surface area contributed by atoms with Crippen molar-refractivity contribution < 1.29 is 5.11 Å². The van der Waals surface area contributed by atoms with Gasteiger partial charge in [-0.25, -0.2) is 9.67 Å². The molecule has 1 atom stereocenters. The van der Waals surface area contributed by atoms with Gasteiger partial charge in [0.1, 0.15) is 11.3 Å². The van der Waals surface area contributed by atoms with Crippen molar-refractivity contribution in [3.63, 3.8) is 0 Å². The first kappa shape index (κ1) is 15.2. The first-order valence-corrected chi connectivity index (χ1v) is 7.80. The van der Waals surface area contributed by atoms with E-state index in [-0.39, 0.29) is 6.04 Å². The minimum Gasteiger partial charge on any atom is -0.382 e. The zero-order valence-electron chi connectivity index (χ0n) is 13.5. The van der Waals surface area contributed by atoms with Crippen LogP contribution in [0.3, 0.4) is 0 Å². The van der Waals surface area contributed by atoms with Crippen molar-refractivity contribution in [3.8, 4) is 0 Å². The monoisotopic (exact) mass is 304 g/mol. The molecule has 0 bridgehead atoms. The molecular formula is C15H24N6O. The number of imidazole rings is 1. The van der Waals surface area contributed by atoms with E-state index in [1.54, 1.807) is 11.0 Å². The van der Waals surface area contributed by atoms with Crippen LogP contribution in [0, 0.1) is 0 Å². The third kappa shape index (κ3) is 2.91. The van der Waals surface area contributed by atoms with Gasteiger partial charge in [0.2, 0.25) is 0 Å². The Hall–Kier alpha value is -1.73. The predicted molar refractivity (Wildman–Crippen MR) is 82.0 cm³/mol. The van der Waals surface area contributed by atoms with Crippen LogP contribution in [-0.4, -0.2) is 47.6 Å². The second kappa shape index (κ2) is 5.81. The summed E-state index contributed by atoms with van der Waals surface area (Å²) < 4.78 is 3.82. The fourth-order valence-corrected chi connectivity index (χ4v) is 2.98. The Morgan fingerprint density at radius 3 is 2.86 bits per heavy atom. The average molecular weight is 304 g/mol. The normalized spacial score (nSPS) is 23.3. The van der Waals surface area contributed by atoms with Gasteiger partial charge in [0, 0.05) is 32.4 Å². The van der Waals surface area contributed by atoms with E-state index in [4.69, 9.17) is 0 Å². The number of nitrogens with zero attached hydrogens (tertiary/aromatic N) is 6. The van der Waals surface area contributed by atoms with Gasteiger partial charge in [-0.05, 0) is 33.2 Å². The molecule has 0 spiro atoms. The molecule has 1 fully saturated rings. The second-order valence-corrected chi connectivity index (χ2v) is 6.52. The molecule has 0 radical (unpaired) electrons. The van der Waals surface area contributed by atoms with Crippen molar-refractivity contribution in [2.45, 2.75) is 44.9 Å². The van der Waals surface area contributed by atoms with E-state index in [0.29, 0.717) is 12.2 Å². The third-order valence-electron chi connectivity index (χ3n) is 4.37. The van der Waals surface area contributed by atoms with E-state index >= 15 is 0 Å². The molecular weight excluding hydrogens is 280 g/mol. The molecule has 0 amide bonds. The van der Waals surface area contributed by atoms with Crippen LogP contribution in [0.25, 0.3) is 0 Å². The number of aliphatic hydroxyl groups is 1. The number of piperidine rings is 1. The Bertz CT molecular complexity index is 634. The van der Waals surface area contributed by atoms with Crippen LogP contribution < -0.4 is 0 Å². The number of aryl methyl sites for hydroxylation is 1. The summed E-state index contributed by atoms with van der Waals surface area (Å²) in [7, 11) is 1.99. The summed E-state index contributed by atoms with van der Waals surface area (Å²) in [5.74, 6) is 0. The average Bonchev–Trinajstić information content (AvgIpc) is 3.09. The van der Waals surface area contributed by atoms with Crippen molar-refractivity contribution in [1.82, 2.24) is 29.4 Å². The molecule has 7 heteroatoms. The van der Waals surface area contributed by atoms with Gasteiger partial charge in [-0.15, -0.1) is 5.10 Å². The molecule has 1 saturated heterocycles. The smallest absolute Gasteiger partial charge is 0.123 e. The maximum atomic E-state index is 11.0. The lowest BCUT2D eigenvalue weighted by molar-refractivity contribution is -0.0419. The molecule has 2 aromatic heterocycles. The molecule has 1 unspecified atom stereocenters. The van der Waals surface area contributed by atoms with Crippen LogP contribution in [0.15, 0.2) is 18.7 Å². The lowest BCUT2D eigenvalue weighted by atomic mass is 9.90. The largest absolute Gasteiger partial charge is 0.382 e. The molecule has 0 aromatic carbocycles. The van der Waals surface area contributed by atoms with Gasteiger partial charge in [-0.1, -0.05) is 5.21 Å². The number of likely N-dealkylation sites (tertiary alicyclic amines) is 1. The summed E-state index contributed by atoms with van der Waals surface area (Å²) in [5.41, 5.74) is 0.912. The topological polar surface area (TPSA) is 72.0 Å². The fraction of sp³-hybridized carbons (Fsp3) is 0.667. The Balaban J connectivity index is 1.74. The highest BCUT2D eigenvalue weighted by molar-refractivity contribution is 5.10. The maximum absolute atomic E-state index is 11.0. The molecule has 1 aliphatic rings. The van der Waals surface area contributed by atoms with Crippen molar-refractivity contribution in [2.75, 3.05) is 13.1 Å². The van der Waals surface area contributed by atoms with Crippen molar-refractivity contribution >= 4 is 0 Å². The van der Waals surface area contributed by atoms with E-state index in [9.17, 15) is 5.11 Å². The lowest BCUT2D eigenvalue weighted by Gasteiger charge is -2.37. The summed E-state index contributed by atoms with van der Waals surface area (Å²) >= 11 is 0. The number of hydrogen-bond donors (Lipinski definition) is 1. The van der Waals surface area contributed by atoms with Crippen molar-refractivity contribution in [3.05, 3.63) is 30.1 Å². The van der Waals surface area contributed by atoms with Gasteiger partial charge in [0.15, 0.2) is 0 Å². The van der Waals surface area contributed by atoms with Crippen molar-refractivity contribution in [2.24, 2.45) is 7.05 Å². The lowest BCUT2D eigenvalue weighted by Crippen LogP contribution is -2.46. The number of aromatic nitrogens is 5. The van der Waals surface area contributed by atoms with E-state index in [1.807, 2.05) is 24.0 Å². The first-order chi connectivity index (χ1) is 10.5. The van der Waals surface area contributed by atoms with Crippen LogP contribution in [0.4, 0.5) is 0 Å². The number of β-amino-alcohol motifs (C(OH)–C–C–N with tert-alkyl or cyclic N) is 1. The summed E-state index contributed by atoms with van der Waals surface area (Å²) in [4.78, 5) is 6.41. The van der Waals surface area contributed by atoms with E-state index in [0.717, 1.165) is 31.6 Å². The number of hydrogen-bond acceptors (Lipinski definition) is 5. The minimum absolute atomic E-state index is 0.249. The Morgan fingerprint density at radius 2 is 2.23 bits per heavy atom. The third-order valence-corrected chi connectivity index (χ3v) is 4.37. The highest BCUT2D eigenvalue weighted by atomic mass is 16.3. The predicted octanol–water partition coefficient (Wildman–Crippen LogP) is 1.08. The molecule has 120 valence electrons. The molecule has 1 N–H and O–H groups in total. The van der Waals surface area contributed by atoms with Gasteiger partial charge in [0.25, 0.3) is 0 Å². The quantitative estimate of drug-likeness (QED) is 0.915. The molecule has 2 aromatic rings. The first-order valence-electron chi connectivity index (χ1n) is 7.80. The molecule has 3 heterocycles. The fourth-order valence-electron chi connectivity index (χ4n) is 2.98. The van der Waals surface area contributed by atoms with Gasteiger partial charge in [0.05, 0.1) is 18.2 Å². The maximum Gasteiger partial charge on any atom is 0.123 e. The van der Waals surface area contributed by atoms with Gasteiger partial charge >= 0.3 is 0 Å². The van der Waals surface area contributed by atoms with E-state index in [2.05, 4.69) is 34.0 Å². The Kier molecular flexibility index (Phi) is 4.01. The van der Waals surface area contributed by atoms with Gasteiger partial charge < -0.3 is 9.67 Å². The standard InChI is InChI=1S/C15H24N6O/c1-12(2)21-9-14(17-18-21)15(22)5-4-6-20(10-15)8-13-7-16-11-19(13)3/h7,9,11-12,22H,4-6,8,10H2,1-3H3. The summed E-state index contributed by atoms with van der Waals surface area (Å²) in [6.07, 6.45) is 7.23. The highest BCUT2D eigenvalue weighted by Crippen LogP contribution is 2.31. The molecule has 1 aliphatic heterocycles. The van der Waals surface area contributed by atoms with E-state index < -0.39 is 5.60 Å². The molecule has 3 rings (SSSR count). The Labute approximate surface area is 130 Å². The van der Waals surface area contributed by atoms with Crippen molar-refractivity contribution in [1.29, 1.82) is 0 Å². The van der Waals surface area contributed by atoms with Gasteiger partial charge in [-0.2, -0.15) is 0 Å². The summed E-state index contributed by atoms with van der Waals surface area (Å²) in [6.45, 7) is 6.45. The second-order valence-electron chi connectivity index (χ2n) is 6.52. The Morgan fingerprint density at radius 1 is 1.41 bits per heavy atom. The molecule has 0 saturated carbocycles. The summed E-state index contributed by atoms with van der Waals surface area (Å²) in [6, 6.07) is 0.249. The minimum atomic E-state index is -0.913. The van der Waals surface area contributed by atoms with E-state index in [1.165, 1.54) is 0 Å². The molecule has 22 heavy (non-hydrogen) atoms. The number of rotatable bonds is 4.